The van der Waals surface area contributed by atoms with Gasteiger partial charge in [0.25, 0.3) is 0 Å². The van der Waals surface area contributed by atoms with Crippen LogP contribution < -0.4 is 11.1 Å². The molecule has 3 heteroatoms. The van der Waals surface area contributed by atoms with Crippen molar-refractivity contribution in [1.29, 1.82) is 0 Å². The maximum atomic E-state index is 11.8. The lowest BCUT2D eigenvalue weighted by Crippen LogP contribution is -2.34. The molecule has 15 heavy (non-hydrogen) atoms. The van der Waals surface area contributed by atoms with Crippen molar-refractivity contribution in [3.05, 3.63) is 30.3 Å². The largest absolute Gasteiger partial charge is 0.327 e. The summed E-state index contributed by atoms with van der Waals surface area (Å²) in [5, 5.41) is 2.90. The molecule has 1 fully saturated rings. The highest BCUT2D eigenvalue weighted by molar-refractivity contribution is 5.93. The van der Waals surface area contributed by atoms with Crippen LogP contribution in [0.1, 0.15) is 19.3 Å². The van der Waals surface area contributed by atoms with E-state index in [1.807, 2.05) is 30.3 Å². The second kappa shape index (κ2) is 4.45. The van der Waals surface area contributed by atoms with Crippen LogP contribution in [0.3, 0.4) is 0 Å². The van der Waals surface area contributed by atoms with E-state index in [1.165, 1.54) is 0 Å². The highest BCUT2D eigenvalue weighted by atomic mass is 16.1. The topological polar surface area (TPSA) is 55.1 Å². The van der Waals surface area contributed by atoms with Gasteiger partial charge in [0.1, 0.15) is 0 Å². The summed E-state index contributed by atoms with van der Waals surface area (Å²) in [6, 6.07) is 9.55. The smallest absolute Gasteiger partial charge is 0.229 e. The molecule has 2 unspecified atom stereocenters. The van der Waals surface area contributed by atoms with Crippen molar-refractivity contribution < 1.29 is 4.79 Å². The fraction of sp³-hybridized carbons (Fsp3) is 0.417. The number of rotatable bonds is 2. The zero-order chi connectivity index (χ0) is 10.7. The second-order valence-corrected chi connectivity index (χ2v) is 4.06. The maximum Gasteiger partial charge on any atom is 0.229 e. The monoisotopic (exact) mass is 204 g/mol. The maximum absolute atomic E-state index is 11.8. The van der Waals surface area contributed by atoms with Crippen molar-refractivity contribution >= 4 is 11.6 Å². The van der Waals surface area contributed by atoms with Crippen LogP contribution in [0.5, 0.6) is 0 Å². The molecule has 1 aliphatic rings. The molecule has 2 atom stereocenters. The van der Waals surface area contributed by atoms with Crippen molar-refractivity contribution in [2.24, 2.45) is 11.7 Å². The third kappa shape index (κ3) is 2.36. The summed E-state index contributed by atoms with van der Waals surface area (Å²) in [6.07, 6.45) is 2.95. The lowest BCUT2D eigenvalue weighted by Gasteiger charge is -2.14. The molecule has 1 amide bonds. The zero-order valence-corrected chi connectivity index (χ0v) is 8.65. The first-order chi connectivity index (χ1) is 7.27. The molecule has 2 rings (SSSR count). The number of benzene rings is 1. The predicted molar refractivity (Wildman–Crippen MR) is 60.4 cm³/mol. The molecule has 0 radical (unpaired) electrons. The van der Waals surface area contributed by atoms with Gasteiger partial charge in [0.05, 0.1) is 5.92 Å². The number of hydrogen-bond acceptors (Lipinski definition) is 2. The fourth-order valence-corrected chi connectivity index (χ4v) is 2.07. The van der Waals surface area contributed by atoms with E-state index in [1.54, 1.807) is 0 Å². The lowest BCUT2D eigenvalue weighted by molar-refractivity contribution is -0.120. The van der Waals surface area contributed by atoms with E-state index >= 15 is 0 Å². The Hall–Kier alpha value is -1.35. The summed E-state index contributed by atoms with van der Waals surface area (Å²) in [6.45, 7) is 0. The first-order valence-electron chi connectivity index (χ1n) is 5.39. The molecule has 3 N–H and O–H groups in total. The van der Waals surface area contributed by atoms with Crippen molar-refractivity contribution in [3.8, 4) is 0 Å². The average molecular weight is 204 g/mol. The fourth-order valence-electron chi connectivity index (χ4n) is 2.07. The minimum Gasteiger partial charge on any atom is -0.327 e. The highest BCUT2D eigenvalue weighted by Gasteiger charge is 2.30. The average Bonchev–Trinajstić information content (AvgIpc) is 2.66. The summed E-state index contributed by atoms with van der Waals surface area (Å²) in [5.41, 5.74) is 6.72. The number of carbonyl (C=O) groups excluding carboxylic acids is 1. The Balaban J connectivity index is 1.98. The minimum absolute atomic E-state index is 0.00907. The molecular formula is C12H16N2O. The molecule has 0 aromatic heterocycles. The molecule has 1 aliphatic carbocycles. The van der Waals surface area contributed by atoms with Gasteiger partial charge in [-0.25, -0.2) is 0 Å². The highest BCUT2D eigenvalue weighted by Crippen LogP contribution is 2.25. The molecule has 1 aromatic rings. The van der Waals surface area contributed by atoms with Crippen molar-refractivity contribution in [2.45, 2.75) is 25.3 Å². The van der Waals surface area contributed by atoms with Gasteiger partial charge in [-0.3, -0.25) is 4.79 Å². The quantitative estimate of drug-likeness (QED) is 0.771. The SMILES string of the molecule is NC1CCCC1C(=O)Nc1ccccc1. The molecule has 0 spiro atoms. The Morgan fingerprint density at radius 3 is 2.60 bits per heavy atom. The van der Waals surface area contributed by atoms with Gasteiger partial charge in [-0.2, -0.15) is 0 Å². The van der Waals surface area contributed by atoms with E-state index in [2.05, 4.69) is 5.32 Å². The molecule has 0 aliphatic heterocycles. The normalized spacial score (nSPS) is 25.1. The Morgan fingerprint density at radius 1 is 1.27 bits per heavy atom. The molecule has 0 heterocycles. The lowest BCUT2D eigenvalue weighted by atomic mass is 10.0. The van der Waals surface area contributed by atoms with Gasteiger partial charge < -0.3 is 11.1 Å². The van der Waals surface area contributed by atoms with Crippen LogP contribution in [-0.4, -0.2) is 11.9 Å². The number of anilines is 1. The summed E-state index contributed by atoms with van der Waals surface area (Å²) in [4.78, 5) is 11.8. The summed E-state index contributed by atoms with van der Waals surface area (Å²) < 4.78 is 0. The minimum atomic E-state index is -0.00907. The molecule has 0 saturated heterocycles. The van der Waals surface area contributed by atoms with Crippen LogP contribution in [0.15, 0.2) is 30.3 Å². The van der Waals surface area contributed by atoms with E-state index in [0.29, 0.717) is 0 Å². The molecular weight excluding hydrogens is 188 g/mol. The first kappa shape index (κ1) is 10.2. The first-order valence-corrected chi connectivity index (χ1v) is 5.39. The third-order valence-electron chi connectivity index (χ3n) is 2.95. The van der Waals surface area contributed by atoms with E-state index in [9.17, 15) is 4.79 Å². The van der Waals surface area contributed by atoms with Gasteiger partial charge in [0, 0.05) is 11.7 Å². The predicted octanol–water partition coefficient (Wildman–Crippen LogP) is 1.75. The van der Waals surface area contributed by atoms with Gasteiger partial charge in [0.15, 0.2) is 0 Å². The van der Waals surface area contributed by atoms with Crippen LogP contribution in [-0.2, 0) is 4.79 Å². The molecule has 3 nitrogen and oxygen atoms in total. The Morgan fingerprint density at radius 2 is 2.00 bits per heavy atom. The Bertz CT molecular complexity index is 337. The summed E-state index contributed by atoms with van der Waals surface area (Å²) in [5.74, 6) is 0.0522. The Kier molecular flexibility index (Phi) is 3.02. The number of amides is 1. The van der Waals surface area contributed by atoms with Gasteiger partial charge >= 0.3 is 0 Å². The van der Waals surface area contributed by atoms with Crippen LogP contribution >= 0.6 is 0 Å². The van der Waals surface area contributed by atoms with Crippen LogP contribution in [0.2, 0.25) is 0 Å². The number of para-hydroxylation sites is 1. The number of nitrogens with two attached hydrogens (primary N) is 1. The Labute approximate surface area is 89.7 Å². The third-order valence-corrected chi connectivity index (χ3v) is 2.95. The number of carbonyl (C=O) groups is 1. The van der Waals surface area contributed by atoms with Gasteiger partial charge in [-0.1, -0.05) is 24.6 Å². The van der Waals surface area contributed by atoms with Crippen molar-refractivity contribution in [3.63, 3.8) is 0 Å². The van der Waals surface area contributed by atoms with Crippen molar-refractivity contribution in [1.82, 2.24) is 0 Å². The molecule has 1 saturated carbocycles. The van der Waals surface area contributed by atoms with E-state index in [-0.39, 0.29) is 17.9 Å². The van der Waals surface area contributed by atoms with Crippen LogP contribution in [0.25, 0.3) is 0 Å². The second-order valence-electron chi connectivity index (χ2n) is 4.06. The molecule has 0 bridgehead atoms. The summed E-state index contributed by atoms with van der Waals surface area (Å²) >= 11 is 0. The molecule has 80 valence electrons. The standard InChI is InChI=1S/C12H16N2O/c13-11-8-4-7-10(11)12(15)14-9-5-2-1-3-6-9/h1-3,5-6,10-11H,4,7-8,13H2,(H,14,15). The summed E-state index contributed by atoms with van der Waals surface area (Å²) in [7, 11) is 0. The van der Waals surface area contributed by atoms with E-state index in [0.717, 1.165) is 24.9 Å². The zero-order valence-electron chi connectivity index (χ0n) is 8.65. The van der Waals surface area contributed by atoms with Gasteiger partial charge in [-0.15, -0.1) is 0 Å². The van der Waals surface area contributed by atoms with E-state index < -0.39 is 0 Å². The van der Waals surface area contributed by atoms with E-state index in [4.69, 9.17) is 5.73 Å². The van der Waals surface area contributed by atoms with Crippen LogP contribution in [0, 0.1) is 5.92 Å². The van der Waals surface area contributed by atoms with Gasteiger partial charge in [-0.05, 0) is 25.0 Å². The number of hydrogen-bond donors (Lipinski definition) is 2. The van der Waals surface area contributed by atoms with Crippen molar-refractivity contribution in [2.75, 3.05) is 5.32 Å². The molecule has 1 aromatic carbocycles. The number of nitrogens with one attached hydrogen (secondary N) is 1. The van der Waals surface area contributed by atoms with Crippen LogP contribution in [0.4, 0.5) is 5.69 Å². The van der Waals surface area contributed by atoms with Gasteiger partial charge in [0.2, 0.25) is 5.91 Å².